The Balaban J connectivity index is 1.58. The van der Waals surface area contributed by atoms with Crippen molar-refractivity contribution < 1.29 is 14.3 Å². The van der Waals surface area contributed by atoms with Crippen LogP contribution < -0.4 is 10.1 Å². The molecule has 37 heavy (non-hydrogen) atoms. The molecule has 1 atom stereocenters. The van der Waals surface area contributed by atoms with Gasteiger partial charge in [0.15, 0.2) is 6.61 Å². The van der Waals surface area contributed by atoms with Gasteiger partial charge in [-0.25, -0.2) is 0 Å². The number of benzene rings is 4. The van der Waals surface area contributed by atoms with Crippen LogP contribution in [0.25, 0.3) is 0 Å². The van der Waals surface area contributed by atoms with Crippen molar-refractivity contribution >= 4 is 23.4 Å². The van der Waals surface area contributed by atoms with Crippen LogP contribution in [0.1, 0.15) is 22.7 Å². The number of ether oxygens (including phenoxy) is 1. The van der Waals surface area contributed by atoms with Gasteiger partial charge in [-0.1, -0.05) is 103 Å². The molecular formula is C31H29ClN2O3. The largest absolute Gasteiger partial charge is 0.484 e. The molecule has 0 bridgehead atoms. The van der Waals surface area contributed by atoms with Gasteiger partial charge in [-0.2, -0.15) is 0 Å². The third-order valence-corrected chi connectivity index (χ3v) is 6.18. The zero-order valence-corrected chi connectivity index (χ0v) is 21.2. The van der Waals surface area contributed by atoms with Gasteiger partial charge in [0.25, 0.3) is 5.91 Å². The summed E-state index contributed by atoms with van der Waals surface area (Å²) < 4.78 is 5.77. The van der Waals surface area contributed by atoms with Crippen LogP contribution in [0.2, 0.25) is 5.02 Å². The van der Waals surface area contributed by atoms with Gasteiger partial charge in [0, 0.05) is 18.1 Å². The van der Waals surface area contributed by atoms with E-state index in [1.807, 2.05) is 91.0 Å². The summed E-state index contributed by atoms with van der Waals surface area (Å²) in [5, 5.41) is 3.64. The van der Waals surface area contributed by atoms with E-state index in [1.165, 1.54) is 0 Å². The molecule has 1 N–H and O–H groups in total. The molecular weight excluding hydrogens is 484 g/mol. The normalized spacial score (nSPS) is 11.4. The second-order valence-electron chi connectivity index (χ2n) is 8.59. The fourth-order valence-electron chi connectivity index (χ4n) is 4.03. The van der Waals surface area contributed by atoms with Crippen molar-refractivity contribution in [1.29, 1.82) is 0 Å². The van der Waals surface area contributed by atoms with Gasteiger partial charge in [-0.15, -0.1) is 0 Å². The van der Waals surface area contributed by atoms with Gasteiger partial charge in [0.2, 0.25) is 5.91 Å². The van der Waals surface area contributed by atoms with E-state index >= 15 is 0 Å². The maximum Gasteiger partial charge on any atom is 0.261 e. The van der Waals surface area contributed by atoms with E-state index in [0.29, 0.717) is 23.7 Å². The number of nitrogens with one attached hydrogen (secondary N) is 1. The van der Waals surface area contributed by atoms with Crippen LogP contribution in [0.3, 0.4) is 0 Å². The monoisotopic (exact) mass is 512 g/mol. The Morgan fingerprint density at radius 1 is 0.757 bits per heavy atom. The molecule has 0 radical (unpaired) electrons. The Morgan fingerprint density at radius 2 is 1.35 bits per heavy atom. The number of hydrogen-bond acceptors (Lipinski definition) is 3. The number of carbonyl (C=O) groups is 2. The minimum Gasteiger partial charge on any atom is -0.484 e. The number of carbonyl (C=O) groups excluding carboxylic acids is 2. The number of hydrogen-bond donors (Lipinski definition) is 1. The van der Waals surface area contributed by atoms with E-state index in [-0.39, 0.29) is 25.0 Å². The van der Waals surface area contributed by atoms with Crippen LogP contribution in [-0.2, 0) is 22.6 Å². The molecule has 2 amide bonds. The van der Waals surface area contributed by atoms with Crippen molar-refractivity contribution in [3.8, 4) is 5.75 Å². The molecule has 4 aromatic rings. The number of halogens is 1. The Morgan fingerprint density at radius 3 is 2.00 bits per heavy atom. The average Bonchev–Trinajstić information content (AvgIpc) is 2.94. The highest BCUT2D eigenvalue weighted by atomic mass is 35.5. The Kier molecular flexibility index (Phi) is 9.33. The van der Waals surface area contributed by atoms with Crippen molar-refractivity contribution in [3.05, 3.63) is 137 Å². The van der Waals surface area contributed by atoms with E-state index in [1.54, 1.807) is 29.2 Å². The Bertz CT molecular complexity index is 1270. The zero-order chi connectivity index (χ0) is 25.9. The minimum atomic E-state index is -0.834. The smallest absolute Gasteiger partial charge is 0.261 e. The molecule has 0 aliphatic heterocycles. The first-order valence-corrected chi connectivity index (χ1v) is 12.6. The number of nitrogens with zero attached hydrogens (tertiary/aromatic N) is 1. The standard InChI is InChI=1S/C31H29ClN2O3/c32-27-18-16-25(17-19-27)22-34(29(35)23-37-28-14-8-3-9-15-28)30(26-12-6-2-7-13-26)31(36)33-21-20-24-10-4-1-5-11-24/h1-19,30H,20-23H2,(H,33,36)/t30-/m1/s1. The van der Waals surface area contributed by atoms with Crippen LogP contribution in [-0.4, -0.2) is 29.9 Å². The first kappa shape index (κ1) is 26.0. The van der Waals surface area contributed by atoms with Crippen LogP contribution in [0, 0.1) is 0 Å². The van der Waals surface area contributed by atoms with E-state index < -0.39 is 6.04 Å². The van der Waals surface area contributed by atoms with Crippen molar-refractivity contribution in [2.45, 2.75) is 19.0 Å². The second kappa shape index (κ2) is 13.3. The lowest BCUT2D eigenvalue weighted by atomic mass is 10.0. The summed E-state index contributed by atoms with van der Waals surface area (Å²) >= 11 is 6.08. The molecule has 4 aromatic carbocycles. The molecule has 6 heteroatoms. The van der Waals surface area contributed by atoms with Gasteiger partial charge in [-0.05, 0) is 47.4 Å². The number of para-hydroxylation sites is 1. The third-order valence-electron chi connectivity index (χ3n) is 5.92. The molecule has 0 saturated heterocycles. The SMILES string of the molecule is O=C(NCCc1ccccc1)[C@@H](c1ccccc1)N(Cc1ccc(Cl)cc1)C(=O)COc1ccccc1. The number of rotatable bonds is 11. The minimum absolute atomic E-state index is 0.196. The first-order valence-electron chi connectivity index (χ1n) is 12.2. The first-order chi connectivity index (χ1) is 18.1. The molecule has 0 aliphatic rings. The maximum absolute atomic E-state index is 13.6. The predicted molar refractivity (Wildman–Crippen MR) is 146 cm³/mol. The summed E-state index contributed by atoms with van der Waals surface area (Å²) in [6, 6.07) is 34.9. The van der Waals surface area contributed by atoms with E-state index in [0.717, 1.165) is 16.7 Å². The van der Waals surface area contributed by atoms with E-state index in [2.05, 4.69) is 5.32 Å². The van der Waals surface area contributed by atoms with Crippen LogP contribution in [0.5, 0.6) is 5.75 Å². The summed E-state index contributed by atoms with van der Waals surface area (Å²) in [5.41, 5.74) is 2.71. The van der Waals surface area contributed by atoms with Crippen LogP contribution >= 0.6 is 11.6 Å². The molecule has 188 valence electrons. The zero-order valence-electron chi connectivity index (χ0n) is 20.4. The molecule has 0 heterocycles. The number of amides is 2. The third kappa shape index (κ3) is 7.69. The van der Waals surface area contributed by atoms with Crippen molar-refractivity contribution in [3.63, 3.8) is 0 Å². The van der Waals surface area contributed by atoms with Crippen molar-refractivity contribution in [1.82, 2.24) is 10.2 Å². The van der Waals surface area contributed by atoms with Gasteiger partial charge in [0.1, 0.15) is 11.8 Å². The quantitative estimate of drug-likeness (QED) is 0.274. The molecule has 0 aliphatic carbocycles. The molecule has 0 fully saturated rings. The highest BCUT2D eigenvalue weighted by Crippen LogP contribution is 2.25. The van der Waals surface area contributed by atoms with Gasteiger partial charge in [-0.3, -0.25) is 9.59 Å². The van der Waals surface area contributed by atoms with Gasteiger partial charge >= 0.3 is 0 Å². The summed E-state index contributed by atoms with van der Waals surface area (Å²) in [7, 11) is 0. The topological polar surface area (TPSA) is 58.6 Å². The summed E-state index contributed by atoms with van der Waals surface area (Å²) in [4.78, 5) is 28.8. The highest BCUT2D eigenvalue weighted by molar-refractivity contribution is 6.30. The predicted octanol–water partition coefficient (Wildman–Crippen LogP) is 5.85. The van der Waals surface area contributed by atoms with Crippen molar-refractivity contribution in [2.75, 3.05) is 13.2 Å². The Hall–Kier alpha value is -4.09. The molecule has 0 spiro atoms. The van der Waals surface area contributed by atoms with E-state index in [4.69, 9.17) is 16.3 Å². The lowest BCUT2D eigenvalue weighted by Gasteiger charge is -2.31. The molecule has 5 nitrogen and oxygen atoms in total. The molecule has 0 unspecified atom stereocenters. The van der Waals surface area contributed by atoms with Gasteiger partial charge in [0.05, 0.1) is 0 Å². The lowest BCUT2D eigenvalue weighted by molar-refractivity contribution is -0.143. The second-order valence-corrected chi connectivity index (χ2v) is 9.03. The molecule has 4 rings (SSSR count). The van der Waals surface area contributed by atoms with E-state index in [9.17, 15) is 9.59 Å². The maximum atomic E-state index is 13.6. The molecule has 0 saturated carbocycles. The summed E-state index contributed by atoms with van der Waals surface area (Å²) in [5.74, 6) is 0.0425. The van der Waals surface area contributed by atoms with Crippen LogP contribution in [0.4, 0.5) is 0 Å². The summed E-state index contributed by atoms with van der Waals surface area (Å²) in [6.45, 7) is 0.480. The Labute approximate surface area is 222 Å². The van der Waals surface area contributed by atoms with Gasteiger partial charge < -0.3 is 15.0 Å². The lowest BCUT2D eigenvalue weighted by Crippen LogP contribution is -2.45. The molecule has 0 aromatic heterocycles. The average molecular weight is 513 g/mol. The summed E-state index contributed by atoms with van der Waals surface area (Å²) in [6.07, 6.45) is 0.691. The van der Waals surface area contributed by atoms with Crippen molar-refractivity contribution in [2.24, 2.45) is 0 Å². The highest BCUT2D eigenvalue weighted by Gasteiger charge is 2.31. The fraction of sp³-hybridized carbons (Fsp3) is 0.161. The fourth-order valence-corrected chi connectivity index (χ4v) is 4.16. The van der Waals surface area contributed by atoms with Crippen LogP contribution in [0.15, 0.2) is 115 Å².